The topological polar surface area (TPSA) is 65.1 Å². The highest BCUT2D eigenvalue weighted by Crippen LogP contribution is 2.17. The van der Waals surface area contributed by atoms with E-state index < -0.39 is 0 Å². The minimum Gasteiger partial charge on any atom is -0.399 e. The first kappa shape index (κ1) is 7.91. The van der Waals surface area contributed by atoms with E-state index >= 15 is 0 Å². The number of nitrogen functional groups attached to an aromatic ring is 1. The van der Waals surface area contributed by atoms with Gasteiger partial charge in [0.2, 0.25) is 0 Å². The van der Waals surface area contributed by atoms with Gasteiger partial charge in [-0.25, -0.2) is 0 Å². The summed E-state index contributed by atoms with van der Waals surface area (Å²) in [5, 5.41) is 10.5. The van der Waals surface area contributed by atoms with Crippen LogP contribution in [0.5, 0.6) is 0 Å². The molecule has 13 heavy (non-hydrogen) atoms. The fraction of sp³-hybridized carbons (Fsp3) is 0.222. The Morgan fingerprint density at radius 2 is 2.00 bits per heavy atom. The second-order valence-electron chi connectivity index (χ2n) is 3.02. The summed E-state index contributed by atoms with van der Waals surface area (Å²) in [6.07, 6.45) is 0. The molecule has 2 rings (SSSR count). The number of rotatable bonds is 1. The summed E-state index contributed by atoms with van der Waals surface area (Å²) in [5.41, 5.74) is 7.34. The maximum absolute atomic E-state index is 7.58. The molecule has 0 saturated carbocycles. The van der Waals surface area contributed by atoms with E-state index in [4.69, 9.17) is 11.1 Å². The lowest BCUT2D eigenvalue weighted by molar-refractivity contribution is 0.973. The Labute approximate surface area is 76.9 Å². The highest BCUT2D eigenvalue weighted by Gasteiger charge is 2.16. The lowest BCUT2D eigenvalue weighted by Gasteiger charge is -2.16. The van der Waals surface area contributed by atoms with Crippen molar-refractivity contribution in [3.63, 3.8) is 0 Å². The molecule has 0 spiro atoms. The van der Waals surface area contributed by atoms with E-state index in [1.807, 2.05) is 29.2 Å². The molecule has 1 aromatic carbocycles. The molecule has 0 aromatic heterocycles. The summed E-state index contributed by atoms with van der Waals surface area (Å²) < 4.78 is 0. The maximum Gasteiger partial charge on any atom is 0.195 e. The Bertz CT molecular complexity index is 317. The van der Waals surface area contributed by atoms with Crippen LogP contribution < -0.4 is 16.0 Å². The first-order valence-electron chi connectivity index (χ1n) is 4.23. The standard InChI is InChI=1S/C9H12N4/c10-7-1-3-8(4-2-7)13-6-5-12-9(13)11/h1-4H,5-6,10H2,(H2,11,12). The highest BCUT2D eigenvalue weighted by atomic mass is 15.3. The van der Waals surface area contributed by atoms with Gasteiger partial charge in [0, 0.05) is 24.5 Å². The number of anilines is 2. The van der Waals surface area contributed by atoms with Crippen LogP contribution in [0.3, 0.4) is 0 Å². The van der Waals surface area contributed by atoms with Crippen LogP contribution in [0, 0.1) is 5.41 Å². The molecule has 0 radical (unpaired) electrons. The van der Waals surface area contributed by atoms with Crippen LogP contribution in [-0.4, -0.2) is 19.0 Å². The highest BCUT2D eigenvalue weighted by molar-refractivity contribution is 5.95. The first-order valence-corrected chi connectivity index (χ1v) is 4.23. The van der Waals surface area contributed by atoms with Gasteiger partial charge in [-0.2, -0.15) is 0 Å². The van der Waals surface area contributed by atoms with E-state index in [1.54, 1.807) is 0 Å². The van der Waals surface area contributed by atoms with Crippen molar-refractivity contribution in [1.29, 1.82) is 5.41 Å². The van der Waals surface area contributed by atoms with E-state index in [0.717, 1.165) is 24.5 Å². The summed E-state index contributed by atoms with van der Waals surface area (Å²) in [6, 6.07) is 7.55. The molecule has 0 aliphatic carbocycles. The van der Waals surface area contributed by atoms with E-state index in [0.29, 0.717) is 5.96 Å². The normalized spacial score (nSPS) is 16.0. The summed E-state index contributed by atoms with van der Waals surface area (Å²) in [6.45, 7) is 1.69. The van der Waals surface area contributed by atoms with Crippen molar-refractivity contribution < 1.29 is 0 Å². The quantitative estimate of drug-likeness (QED) is 0.549. The fourth-order valence-electron chi connectivity index (χ4n) is 1.41. The summed E-state index contributed by atoms with van der Waals surface area (Å²) in [7, 11) is 0. The lowest BCUT2D eigenvalue weighted by atomic mass is 10.2. The third-order valence-corrected chi connectivity index (χ3v) is 2.10. The Kier molecular flexibility index (Phi) is 1.81. The number of hydrogen-bond donors (Lipinski definition) is 3. The first-order chi connectivity index (χ1) is 6.27. The van der Waals surface area contributed by atoms with Gasteiger partial charge in [-0.3, -0.25) is 5.41 Å². The number of benzene rings is 1. The molecule has 0 amide bonds. The van der Waals surface area contributed by atoms with Crippen molar-refractivity contribution in [2.75, 3.05) is 23.7 Å². The van der Waals surface area contributed by atoms with Crippen molar-refractivity contribution in [1.82, 2.24) is 5.32 Å². The zero-order valence-corrected chi connectivity index (χ0v) is 7.25. The second kappa shape index (κ2) is 2.97. The van der Waals surface area contributed by atoms with Crippen LogP contribution in [0.15, 0.2) is 24.3 Å². The Morgan fingerprint density at radius 3 is 2.54 bits per heavy atom. The van der Waals surface area contributed by atoms with Crippen LogP contribution in [0.1, 0.15) is 0 Å². The van der Waals surface area contributed by atoms with Crippen molar-refractivity contribution in [2.24, 2.45) is 0 Å². The van der Waals surface area contributed by atoms with Crippen LogP contribution in [-0.2, 0) is 0 Å². The molecule has 1 aliphatic heterocycles. The minimum absolute atomic E-state index is 0.463. The second-order valence-corrected chi connectivity index (χ2v) is 3.02. The van der Waals surface area contributed by atoms with Gasteiger partial charge in [0.15, 0.2) is 5.96 Å². The smallest absolute Gasteiger partial charge is 0.195 e. The van der Waals surface area contributed by atoms with Gasteiger partial charge in [0.25, 0.3) is 0 Å². The molecule has 68 valence electrons. The Balaban J connectivity index is 2.25. The number of nitrogens with two attached hydrogens (primary N) is 1. The fourth-order valence-corrected chi connectivity index (χ4v) is 1.41. The van der Waals surface area contributed by atoms with Crippen molar-refractivity contribution >= 4 is 17.3 Å². The molecule has 4 nitrogen and oxygen atoms in total. The van der Waals surface area contributed by atoms with Gasteiger partial charge < -0.3 is 16.0 Å². The molecule has 1 heterocycles. The third kappa shape index (κ3) is 1.42. The van der Waals surface area contributed by atoms with Crippen LogP contribution >= 0.6 is 0 Å². The molecule has 1 aliphatic rings. The van der Waals surface area contributed by atoms with Crippen molar-refractivity contribution in [2.45, 2.75) is 0 Å². The van der Waals surface area contributed by atoms with Gasteiger partial charge >= 0.3 is 0 Å². The van der Waals surface area contributed by atoms with Gasteiger partial charge in [0.05, 0.1) is 0 Å². The monoisotopic (exact) mass is 176 g/mol. The molecule has 4 heteroatoms. The summed E-state index contributed by atoms with van der Waals surface area (Å²) in [5.74, 6) is 0.463. The largest absolute Gasteiger partial charge is 0.399 e. The molecule has 1 saturated heterocycles. The molecular weight excluding hydrogens is 164 g/mol. The molecule has 0 unspecified atom stereocenters. The van der Waals surface area contributed by atoms with Crippen molar-refractivity contribution in [3.8, 4) is 0 Å². The van der Waals surface area contributed by atoms with Crippen LogP contribution in [0.25, 0.3) is 0 Å². The van der Waals surface area contributed by atoms with E-state index in [1.165, 1.54) is 0 Å². The SMILES string of the molecule is N=C1NCCN1c1ccc(N)cc1. The number of nitrogens with one attached hydrogen (secondary N) is 2. The third-order valence-electron chi connectivity index (χ3n) is 2.10. The number of hydrogen-bond acceptors (Lipinski definition) is 2. The number of nitrogens with zero attached hydrogens (tertiary/aromatic N) is 1. The van der Waals surface area contributed by atoms with E-state index in [-0.39, 0.29) is 0 Å². The van der Waals surface area contributed by atoms with Crippen LogP contribution in [0.4, 0.5) is 11.4 Å². The van der Waals surface area contributed by atoms with Gasteiger partial charge in [-0.1, -0.05) is 0 Å². The van der Waals surface area contributed by atoms with E-state index in [9.17, 15) is 0 Å². The average Bonchev–Trinajstić information content (AvgIpc) is 2.53. The summed E-state index contributed by atoms with van der Waals surface area (Å²) in [4.78, 5) is 1.92. The maximum atomic E-state index is 7.58. The predicted octanol–water partition coefficient (Wildman–Crippen LogP) is 0.613. The number of guanidine groups is 1. The van der Waals surface area contributed by atoms with Crippen molar-refractivity contribution in [3.05, 3.63) is 24.3 Å². The lowest BCUT2D eigenvalue weighted by Crippen LogP contribution is -2.28. The Hall–Kier alpha value is -1.71. The zero-order chi connectivity index (χ0) is 9.26. The molecule has 4 N–H and O–H groups in total. The van der Waals surface area contributed by atoms with Gasteiger partial charge in [0.1, 0.15) is 0 Å². The minimum atomic E-state index is 0.463. The predicted molar refractivity (Wildman–Crippen MR) is 53.9 cm³/mol. The van der Waals surface area contributed by atoms with Gasteiger partial charge in [-0.05, 0) is 24.3 Å². The summed E-state index contributed by atoms with van der Waals surface area (Å²) >= 11 is 0. The zero-order valence-electron chi connectivity index (χ0n) is 7.25. The molecule has 0 bridgehead atoms. The van der Waals surface area contributed by atoms with E-state index in [2.05, 4.69) is 5.32 Å². The molecule has 1 aromatic rings. The molecule has 0 atom stereocenters. The van der Waals surface area contributed by atoms with Gasteiger partial charge in [-0.15, -0.1) is 0 Å². The molecular formula is C9H12N4. The van der Waals surface area contributed by atoms with Crippen LogP contribution in [0.2, 0.25) is 0 Å². The Morgan fingerprint density at radius 1 is 1.31 bits per heavy atom. The molecule has 1 fully saturated rings. The average molecular weight is 176 g/mol.